The normalized spacial score (nSPS) is 12.6. The summed E-state index contributed by atoms with van der Waals surface area (Å²) in [6.45, 7) is 17.1. The van der Waals surface area contributed by atoms with E-state index in [1.54, 1.807) is 0 Å². The maximum Gasteiger partial charge on any atom is 0.162 e. The van der Waals surface area contributed by atoms with Gasteiger partial charge in [0.2, 0.25) is 0 Å². The summed E-state index contributed by atoms with van der Waals surface area (Å²) in [5, 5.41) is 12.2. The zero-order valence-electron chi connectivity index (χ0n) is 29.6. The third-order valence-corrected chi connectivity index (χ3v) is 9.35. The number of aromatic nitrogens is 2. The molecule has 0 bridgehead atoms. The summed E-state index contributed by atoms with van der Waals surface area (Å²) in [6.07, 6.45) is 10.1. The summed E-state index contributed by atoms with van der Waals surface area (Å²) in [6, 6.07) is 21.2. The molecular formula is C42H53IrN2O2-. The Balaban J connectivity index is 0.000000322. The number of carbonyl (C=O) groups is 1. The van der Waals surface area contributed by atoms with Gasteiger partial charge in [0.15, 0.2) is 5.78 Å². The molecule has 3 aromatic carbocycles. The van der Waals surface area contributed by atoms with Crippen molar-refractivity contribution >= 4 is 16.6 Å². The van der Waals surface area contributed by atoms with E-state index in [1.165, 1.54) is 39.3 Å². The topological polar surface area (TPSA) is 63.1 Å². The number of aliphatic hydroxyl groups is 1. The fourth-order valence-electron chi connectivity index (χ4n) is 6.54. The summed E-state index contributed by atoms with van der Waals surface area (Å²) in [4.78, 5) is 21.6. The van der Waals surface area contributed by atoms with E-state index in [0.717, 1.165) is 67.4 Å². The Morgan fingerprint density at radius 3 is 2.19 bits per heavy atom. The Morgan fingerprint density at radius 1 is 0.894 bits per heavy atom. The van der Waals surface area contributed by atoms with Crippen LogP contribution in [0.5, 0.6) is 0 Å². The molecule has 5 rings (SSSR count). The van der Waals surface area contributed by atoms with Crippen LogP contribution in [0.1, 0.15) is 109 Å². The molecule has 4 aromatic rings. The number of allylic oxidation sites excluding steroid dienone is 2. The number of fused-ring (bicyclic) bond motifs is 4. The van der Waals surface area contributed by atoms with Crippen molar-refractivity contribution in [1.82, 2.24) is 9.97 Å². The summed E-state index contributed by atoms with van der Waals surface area (Å²) in [5.74, 6) is 2.41. The van der Waals surface area contributed by atoms with Crippen LogP contribution < -0.4 is 0 Å². The minimum Gasteiger partial charge on any atom is -0.512 e. The second kappa shape index (κ2) is 17.9. The van der Waals surface area contributed by atoms with Gasteiger partial charge in [0.25, 0.3) is 0 Å². The number of hydrogen-bond acceptors (Lipinski definition) is 4. The number of aryl methyl sites for hydroxylation is 2. The zero-order valence-corrected chi connectivity index (χ0v) is 32.0. The van der Waals surface area contributed by atoms with Crippen molar-refractivity contribution in [2.75, 3.05) is 0 Å². The second-order valence-electron chi connectivity index (χ2n) is 13.5. The van der Waals surface area contributed by atoms with Gasteiger partial charge >= 0.3 is 0 Å². The van der Waals surface area contributed by atoms with Crippen molar-refractivity contribution < 1.29 is 30.0 Å². The van der Waals surface area contributed by atoms with Crippen molar-refractivity contribution in [3.05, 3.63) is 94.9 Å². The van der Waals surface area contributed by atoms with E-state index in [0.29, 0.717) is 11.8 Å². The van der Waals surface area contributed by atoms with Crippen LogP contribution in [0.15, 0.2) is 66.6 Å². The van der Waals surface area contributed by atoms with Crippen molar-refractivity contribution in [1.29, 1.82) is 0 Å². The molecule has 253 valence electrons. The van der Waals surface area contributed by atoms with Gasteiger partial charge in [-0.05, 0) is 73.5 Å². The molecule has 47 heavy (non-hydrogen) atoms. The van der Waals surface area contributed by atoms with Gasteiger partial charge < -0.3 is 5.11 Å². The molecule has 0 aliphatic heterocycles. The Morgan fingerprint density at radius 2 is 1.55 bits per heavy atom. The van der Waals surface area contributed by atoms with Crippen LogP contribution in [0.4, 0.5) is 0 Å². The Labute approximate surface area is 296 Å². The fraction of sp³-hybridized carbons (Fsp3) is 0.452. The first-order valence-corrected chi connectivity index (χ1v) is 17.5. The van der Waals surface area contributed by atoms with Crippen LogP contribution in [0.25, 0.3) is 33.4 Å². The summed E-state index contributed by atoms with van der Waals surface area (Å²) in [5.41, 5.74) is 8.75. The van der Waals surface area contributed by atoms with Crippen LogP contribution in [-0.4, -0.2) is 20.9 Å². The van der Waals surface area contributed by atoms with Gasteiger partial charge in [0.1, 0.15) is 0 Å². The molecule has 1 aromatic heterocycles. The molecule has 1 N–H and O–H groups in total. The van der Waals surface area contributed by atoms with E-state index >= 15 is 0 Å². The van der Waals surface area contributed by atoms with Gasteiger partial charge in [-0.1, -0.05) is 103 Å². The maximum absolute atomic E-state index is 11.7. The van der Waals surface area contributed by atoms with Crippen molar-refractivity contribution in [2.45, 2.75) is 106 Å². The van der Waals surface area contributed by atoms with Crippen molar-refractivity contribution in [3.63, 3.8) is 0 Å². The molecular weight excluding hydrogens is 757 g/mol. The van der Waals surface area contributed by atoms with Crippen LogP contribution in [-0.2, 0) is 44.2 Å². The van der Waals surface area contributed by atoms with Crippen molar-refractivity contribution in [3.8, 4) is 22.6 Å². The van der Waals surface area contributed by atoms with Gasteiger partial charge in [-0.2, -0.15) is 0 Å². The van der Waals surface area contributed by atoms with E-state index in [-0.39, 0.29) is 43.5 Å². The average molecular weight is 810 g/mol. The molecule has 1 aliphatic rings. The van der Waals surface area contributed by atoms with E-state index in [9.17, 15) is 9.90 Å². The third kappa shape index (κ3) is 9.48. The molecule has 0 atom stereocenters. The summed E-state index contributed by atoms with van der Waals surface area (Å²) in [7, 11) is 0. The van der Waals surface area contributed by atoms with Crippen molar-refractivity contribution in [2.24, 2.45) is 17.8 Å². The third-order valence-electron chi connectivity index (χ3n) is 9.35. The molecule has 1 aliphatic carbocycles. The molecule has 5 heteroatoms. The van der Waals surface area contributed by atoms with Crippen LogP contribution >= 0.6 is 0 Å². The fourth-order valence-corrected chi connectivity index (χ4v) is 6.54. The number of aliphatic hydroxyl groups excluding tert-OH is 1. The molecule has 0 spiro atoms. The Bertz CT molecular complexity index is 1670. The standard InChI is InChI=1S/C29H29N2.C13H24O2.Ir/c1-18(2)13-20-9-12-26-22(14-20)10-11-23-17-30-29(31-28(23)26)24-15-21-7-5-6-8-25(21)27(16-24)19(3)4;1-5-10(6-2)12(14)9-13(15)11(7-3)8-4;/h5-9,12,14,16-19H,10-11,13H2,1-4H3;9-11,14H,5-8H2,1-4H3;/q-1;;/b;12-9-;. The Kier molecular flexibility index (Phi) is 14.6. The number of ketones is 1. The first kappa shape index (κ1) is 38.3. The molecule has 0 unspecified atom stereocenters. The molecule has 1 radical (unpaired) electrons. The van der Waals surface area contributed by atoms with Gasteiger partial charge in [0.05, 0.1) is 17.3 Å². The quantitative estimate of drug-likeness (QED) is 0.0931. The average Bonchev–Trinajstić information content (AvgIpc) is 3.04. The predicted molar refractivity (Wildman–Crippen MR) is 193 cm³/mol. The monoisotopic (exact) mass is 810 g/mol. The molecule has 0 amide bonds. The largest absolute Gasteiger partial charge is 0.512 e. The number of carbonyl (C=O) groups excluding carboxylic acids is 1. The number of benzene rings is 3. The summed E-state index contributed by atoms with van der Waals surface area (Å²) < 4.78 is 0. The van der Waals surface area contributed by atoms with E-state index < -0.39 is 0 Å². The minimum absolute atomic E-state index is 0. The van der Waals surface area contributed by atoms with E-state index in [4.69, 9.17) is 9.97 Å². The number of nitrogens with zero attached hydrogens (tertiary/aromatic N) is 2. The van der Waals surface area contributed by atoms with Crippen LogP contribution in [0.2, 0.25) is 0 Å². The maximum atomic E-state index is 11.7. The first-order valence-electron chi connectivity index (χ1n) is 17.5. The molecule has 0 saturated heterocycles. The van der Waals surface area contributed by atoms with E-state index in [2.05, 4.69) is 82.3 Å². The summed E-state index contributed by atoms with van der Waals surface area (Å²) >= 11 is 0. The number of hydrogen-bond donors (Lipinski definition) is 1. The number of rotatable bonds is 11. The van der Waals surface area contributed by atoms with Crippen LogP contribution in [0.3, 0.4) is 0 Å². The van der Waals surface area contributed by atoms with Gasteiger partial charge in [-0.3, -0.25) is 14.8 Å². The Hall–Kier alpha value is -3.14. The van der Waals surface area contributed by atoms with Crippen LogP contribution in [0, 0.1) is 23.8 Å². The van der Waals surface area contributed by atoms with Gasteiger partial charge in [0, 0.05) is 49.8 Å². The molecule has 4 nitrogen and oxygen atoms in total. The smallest absolute Gasteiger partial charge is 0.162 e. The molecule has 0 fully saturated rings. The minimum atomic E-state index is 0. The van der Waals surface area contributed by atoms with E-state index in [1.807, 2.05) is 33.9 Å². The SMILES string of the molecule is CC(C)Cc1ccc2c(c1)CCc1cnc(-c3[c-]c4ccccc4c(C(C)C)c3)nc1-2.CCC(CC)C(=O)/C=C(\O)C(CC)CC.[Ir]. The van der Waals surface area contributed by atoms with Gasteiger partial charge in [-0.25, -0.2) is 0 Å². The molecule has 1 heterocycles. The second-order valence-corrected chi connectivity index (χ2v) is 13.5. The molecule has 0 saturated carbocycles. The predicted octanol–water partition coefficient (Wildman–Crippen LogP) is 11.1. The first-order chi connectivity index (χ1) is 22.1. The van der Waals surface area contributed by atoms with Gasteiger partial charge in [-0.15, -0.1) is 29.1 Å². The zero-order chi connectivity index (χ0) is 33.4.